The van der Waals surface area contributed by atoms with E-state index >= 15 is 0 Å². The fraction of sp³-hybridized carbons (Fsp3) is 1.00. The molecule has 0 unspecified atom stereocenters. The van der Waals surface area contributed by atoms with Crippen LogP contribution < -0.4 is 5.73 Å². The van der Waals surface area contributed by atoms with Gasteiger partial charge >= 0.3 is 0 Å². The Hall–Kier alpha value is -0.130. The minimum atomic E-state index is -3.09. The summed E-state index contributed by atoms with van der Waals surface area (Å²) in [5.41, 5.74) is 5.45. The fourth-order valence-electron chi connectivity index (χ4n) is 1.34. The molecule has 0 bridgehead atoms. The summed E-state index contributed by atoms with van der Waals surface area (Å²) in [4.78, 5) is 0. The van der Waals surface area contributed by atoms with Crippen LogP contribution in [0.2, 0.25) is 0 Å². The molecule has 0 aliphatic heterocycles. The Labute approximate surface area is 93.9 Å². The average Bonchev–Trinajstić information content (AvgIpc) is 2.14. The lowest BCUT2D eigenvalue weighted by atomic mass is 9.94. The third-order valence-corrected chi connectivity index (χ3v) is 4.46. The molecule has 0 spiro atoms. The molecule has 0 aromatic rings. The van der Waals surface area contributed by atoms with E-state index in [-0.39, 0.29) is 11.2 Å². The van der Waals surface area contributed by atoms with Gasteiger partial charge in [0.25, 0.3) is 0 Å². The quantitative estimate of drug-likeness (QED) is 0.718. The molecule has 0 saturated carbocycles. The highest BCUT2D eigenvalue weighted by Crippen LogP contribution is 2.17. The molecule has 0 heterocycles. The SMILES string of the molecule is CCCS(=O)(=O)N(CC)CC(C)(C)CN. The van der Waals surface area contributed by atoms with Gasteiger partial charge in [0.2, 0.25) is 10.0 Å². The molecule has 0 aliphatic rings. The summed E-state index contributed by atoms with van der Waals surface area (Å²) in [6, 6.07) is 0. The van der Waals surface area contributed by atoms with Crippen LogP contribution in [0, 0.1) is 5.41 Å². The molecule has 0 aromatic carbocycles. The Bertz CT molecular complexity index is 273. The predicted octanol–water partition coefficient (Wildman–Crippen LogP) is 1.03. The lowest BCUT2D eigenvalue weighted by Gasteiger charge is -2.30. The van der Waals surface area contributed by atoms with E-state index in [4.69, 9.17) is 5.73 Å². The van der Waals surface area contributed by atoms with Gasteiger partial charge in [-0.05, 0) is 18.4 Å². The van der Waals surface area contributed by atoms with Gasteiger partial charge in [-0.15, -0.1) is 0 Å². The Morgan fingerprint density at radius 3 is 2.13 bits per heavy atom. The zero-order valence-electron chi connectivity index (χ0n) is 10.3. The van der Waals surface area contributed by atoms with Gasteiger partial charge in [-0.1, -0.05) is 27.7 Å². The van der Waals surface area contributed by atoms with Gasteiger partial charge in [-0.25, -0.2) is 12.7 Å². The number of nitrogens with two attached hydrogens (primary N) is 1. The normalized spacial score (nSPS) is 13.5. The van der Waals surface area contributed by atoms with Crippen molar-refractivity contribution in [1.82, 2.24) is 4.31 Å². The fourth-order valence-corrected chi connectivity index (χ4v) is 3.05. The monoisotopic (exact) mass is 236 g/mol. The molecular weight excluding hydrogens is 212 g/mol. The van der Waals surface area contributed by atoms with Gasteiger partial charge in [-0.3, -0.25) is 0 Å². The van der Waals surface area contributed by atoms with Crippen LogP contribution in [0.3, 0.4) is 0 Å². The van der Waals surface area contributed by atoms with E-state index in [9.17, 15) is 8.42 Å². The van der Waals surface area contributed by atoms with Crippen molar-refractivity contribution in [3.63, 3.8) is 0 Å². The zero-order valence-corrected chi connectivity index (χ0v) is 11.1. The van der Waals surface area contributed by atoms with E-state index in [1.807, 2.05) is 27.7 Å². The zero-order chi connectivity index (χ0) is 12.1. The smallest absolute Gasteiger partial charge is 0.214 e. The van der Waals surface area contributed by atoms with E-state index in [1.54, 1.807) is 0 Å². The van der Waals surface area contributed by atoms with Gasteiger partial charge in [-0.2, -0.15) is 0 Å². The van der Waals surface area contributed by atoms with Crippen molar-refractivity contribution in [2.75, 3.05) is 25.4 Å². The van der Waals surface area contributed by atoms with Crippen molar-refractivity contribution >= 4 is 10.0 Å². The Balaban J connectivity index is 4.64. The molecule has 0 aromatic heterocycles. The molecule has 4 nitrogen and oxygen atoms in total. The van der Waals surface area contributed by atoms with Crippen molar-refractivity contribution in [1.29, 1.82) is 0 Å². The molecule has 15 heavy (non-hydrogen) atoms. The molecule has 0 fully saturated rings. The second kappa shape index (κ2) is 5.82. The summed E-state index contributed by atoms with van der Waals surface area (Å²) in [6.07, 6.45) is 0.655. The number of hydrogen-bond acceptors (Lipinski definition) is 3. The maximum Gasteiger partial charge on any atom is 0.214 e. The van der Waals surface area contributed by atoms with Gasteiger partial charge in [0.1, 0.15) is 0 Å². The molecule has 0 rings (SSSR count). The van der Waals surface area contributed by atoms with Gasteiger partial charge < -0.3 is 5.73 Å². The molecule has 2 N–H and O–H groups in total. The van der Waals surface area contributed by atoms with Gasteiger partial charge in [0.05, 0.1) is 5.75 Å². The summed E-state index contributed by atoms with van der Waals surface area (Å²) in [7, 11) is -3.09. The van der Waals surface area contributed by atoms with Crippen LogP contribution in [-0.2, 0) is 10.0 Å². The van der Waals surface area contributed by atoms with E-state index in [0.717, 1.165) is 0 Å². The van der Waals surface area contributed by atoms with Crippen molar-refractivity contribution < 1.29 is 8.42 Å². The van der Waals surface area contributed by atoms with Crippen molar-refractivity contribution in [3.05, 3.63) is 0 Å². The standard InChI is InChI=1S/C10H24N2O2S/c1-5-7-15(13,14)12(6-2)9-10(3,4)8-11/h5-9,11H2,1-4H3. The topological polar surface area (TPSA) is 63.4 Å². The maximum absolute atomic E-state index is 11.8. The van der Waals surface area contributed by atoms with Crippen molar-refractivity contribution in [3.8, 4) is 0 Å². The average molecular weight is 236 g/mol. The molecule has 0 radical (unpaired) electrons. The lowest BCUT2D eigenvalue weighted by molar-refractivity contribution is 0.273. The number of rotatable bonds is 7. The third kappa shape index (κ3) is 4.95. The van der Waals surface area contributed by atoms with Crippen LogP contribution in [-0.4, -0.2) is 38.1 Å². The Morgan fingerprint density at radius 2 is 1.80 bits per heavy atom. The van der Waals surface area contributed by atoms with Gasteiger partial charge in [0, 0.05) is 13.1 Å². The lowest BCUT2D eigenvalue weighted by Crippen LogP contribution is -2.42. The minimum absolute atomic E-state index is 0.156. The second-order valence-corrected chi connectivity index (χ2v) is 6.70. The van der Waals surface area contributed by atoms with Crippen LogP contribution in [0.15, 0.2) is 0 Å². The first-order valence-corrected chi connectivity index (χ1v) is 7.08. The van der Waals surface area contributed by atoms with E-state index in [0.29, 0.717) is 26.1 Å². The van der Waals surface area contributed by atoms with Crippen molar-refractivity contribution in [2.24, 2.45) is 11.1 Å². The van der Waals surface area contributed by atoms with E-state index < -0.39 is 10.0 Å². The first-order valence-electron chi connectivity index (χ1n) is 5.47. The largest absolute Gasteiger partial charge is 0.330 e. The Morgan fingerprint density at radius 1 is 1.27 bits per heavy atom. The van der Waals surface area contributed by atoms with E-state index in [2.05, 4.69) is 0 Å². The van der Waals surface area contributed by atoms with Crippen LogP contribution in [0.4, 0.5) is 0 Å². The summed E-state index contributed by atoms with van der Waals surface area (Å²) in [6.45, 7) is 9.22. The van der Waals surface area contributed by atoms with Crippen LogP contribution in [0.25, 0.3) is 0 Å². The number of nitrogens with zero attached hydrogens (tertiary/aromatic N) is 1. The Kier molecular flexibility index (Phi) is 5.77. The van der Waals surface area contributed by atoms with Crippen LogP contribution >= 0.6 is 0 Å². The summed E-state index contributed by atoms with van der Waals surface area (Å²) >= 11 is 0. The molecule has 0 amide bonds. The molecule has 0 atom stereocenters. The number of sulfonamides is 1. The highest BCUT2D eigenvalue weighted by atomic mass is 32.2. The molecule has 92 valence electrons. The first kappa shape index (κ1) is 14.9. The highest BCUT2D eigenvalue weighted by molar-refractivity contribution is 7.89. The maximum atomic E-state index is 11.8. The summed E-state index contributed by atoms with van der Waals surface area (Å²) in [5, 5.41) is 0. The molecule has 0 saturated heterocycles. The summed E-state index contributed by atoms with van der Waals surface area (Å²) in [5.74, 6) is 0.224. The molecular formula is C10H24N2O2S. The van der Waals surface area contributed by atoms with Crippen LogP contribution in [0.5, 0.6) is 0 Å². The minimum Gasteiger partial charge on any atom is -0.330 e. The van der Waals surface area contributed by atoms with Gasteiger partial charge in [0.15, 0.2) is 0 Å². The third-order valence-electron chi connectivity index (χ3n) is 2.37. The second-order valence-electron chi connectivity index (χ2n) is 4.61. The first-order chi connectivity index (χ1) is 6.79. The van der Waals surface area contributed by atoms with E-state index in [1.165, 1.54) is 4.31 Å². The van der Waals surface area contributed by atoms with Crippen molar-refractivity contribution in [2.45, 2.75) is 34.1 Å². The predicted molar refractivity (Wildman–Crippen MR) is 64.2 cm³/mol. The van der Waals surface area contributed by atoms with Crippen LogP contribution in [0.1, 0.15) is 34.1 Å². The molecule has 5 heteroatoms. The number of hydrogen-bond donors (Lipinski definition) is 1. The summed E-state index contributed by atoms with van der Waals surface area (Å²) < 4.78 is 25.2. The highest BCUT2D eigenvalue weighted by Gasteiger charge is 2.26. The molecule has 0 aliphatic carbocycles.